The first-order valence-corrected chi connectivity index (χ1v) is 10.0. The molecule has 0 saturated carbocycles. The van der Waals surface area contributed by atoms with Crippen molar-refractivity contribution in [1.82, 2.24) is 5.32 Å². The summed E-state index contributed by atoms with van der Waals surface area (Å²) in [4.78, 5) is 29.4. The van der Waals surface area contributed by atoms with E-state index in [1.807, 2.05) is 61.7 Å². The van der Waals surface area contributed by atoms with E-state index in [4.69, 9.17) is 4.74 Å². The predicted octanol–water partition coefficient (Wildman–Crippen LogP) is 3.28. The number of hydrogen-bond acceptors (Lipinski definition) is 4. The van der Waals surface area contributed by atoms with E-state index in [0.29, 0.717) is 12.0 Å². The molecule has 0 spiro atoms. The fourth-order valence-electron chi connectivity index (χ4n) is 4.40. The van der Waals surface area contributed by atoms with Crippen molar-refractivity contribution in [3.8, 4) is 0 Å². The van der Waals surface area contributed by atoms with Gasteiger partial charge < -0.3 is 10.1 Å². The summed E-state index contributed by atoms with van der Waals surface area (Å²) in [7, 11) is 0. The fourth-order valence-corrected chi connectivity index (χ4v) is 4.40. The van der Waals surface area contributed by atoms with Crippen LogP contribution < -0.4 is 10.3 Å². The number of carbonyl (C=O) groups excluding carboxylic acids is 2. The van der Waals surface area contributed by atoms with E-state index in [-0.39, 0.29) is 24.3 Å². The van der Waals surface area contributed by atoms with E-state index in [1.165, 1.54) is 0 Å². The number of nitrogens with one attached hydrogen (secondary N) is 2. The van der Waals surface area contributed by atoms with E-state index in [9.17, 15) is 9.59 Å². The minimum absolute atomic E-state index is 0.0276. The zero-order chi connectivity index (χ0) is 20.4. The molecule has 2 heterocycles. The highest BCUT2D eigenvalue weighted by Gasteiger charge is 2.47. The molecule has 0 saturated heterocycles. The molecular weight excluding hydrogens is 364 g/mol. The summed E-state index contributed by atoms with van der Waals surface area (Å²) in [5.41, 5.74) is 4.06. The molecule has 1 aromatic heterocycles. The molecule has 0 amide bonds. The normalized spacial score (nSPS) is 23.7. The van der Waals surface area contributed by atoms with E-state index in [0.717, 1.165) is 22.7 Å². The summed E-state index contributed by atoms with van der Waals surface area (Å²) in [6.07, 6.45) is 4.38. The minimum Gasteiger partial charge on any atom is -0.463 e. The summed E-state index contributed by atoms with van der Waals surface area (Å²) in [6, 6.07) is 15.8. The summed E-state index contributed by atoms with van der Waals surface area (Å²) >= 11 is 0. The van der Waals surface area contributed by atoms with Gasteiger partial charge in [-0.2, -0.15) is 0 Å². The van der Waals surface area contributed by atoms with Gasteiger partial charge in [0.1, 0.15) is 5.78 Å². The lowest BCUT2D eigenvalue weighted by molar-refractivity contribution is -0.392. The van der Waals surface area contributed by atoms with Gasteiger partial charge in [0.2, 0.25) is 0 Å². The number of H-pyrrole nitrogens is 1. The second-order valence-corrected chi connectivity index (χ2v) is 7.47. The molecule has 4 rings (SSSR count). The van der Waals surface area contributed by atoms with Gasteiger partial charge in [0.25, 0.3) is 0 Å². The molecule has 5 heteroatoms. The van der Waals surface area contributed by atoms with Crippen molar-refractivity contribution in [2.45, 2.75) is 32.1 Å². The van der Waals surface area contributed by atoms with Crippen LogP contribution in [-0.2, 0) is 14.3 Å². The Morgan fingerprint density at radius 3 is 2.59 bits per heavy atom. The number of esters is 1. The highest BCUT2D eigenvalue weighted by Crippen LogP contribution is 2.45. The number of rotatable bonds is 4. The molecule has 0 fully saturated rings. The third kappa shape index (κ3) is 3.60. The van der Waals surface area contributed by atoms with Gasteiger partial charge in [-0.05, 0) is 19.4 Å². The van der Waals surface area contributed by atoms with Crippen molar-refractivity contribution < 1.29 is 19.3 Å². The Morgan fingerprint density at radius 2 is 1.90 bits per heavy atom. The van der Waals surface area contributed by atoms with E-state index in [2.05, 4.69) is 16.4 Å². The van der Waals surface area contributed by atoms with Crippen LogP contribution in [0.15, 0.2) is 77.8 Å². The quantitative estimate of drug-likeness (QED) is 0.815. The van der Waals surface area contributed by atoms with Gasteiger partial charge in [-0.3, -0.25) is 4.79 Å². The Balaban J connectivity index is 1.82. The van der Waals surface area contributed by atoms with Crippen LogP contribution in [0.2, 0.25) is 0 Å². The van der Waals surface area contributed by atoms with E-state index in [1.54, 1.807) is 6.92 Å². The first kappa shape index (κ1) is 19.1. The first-order valence-electron chi connectivity index (χ1n) is 10.0. The summed E-state index contributed by atoms with van der Waals surface area (Å²) < 4.78 is 5.33. The Kier molecular flexibility index (Phi) is 5.30. The van der Waals surface area contributed by atoms with Crippen molar-refractivity contribution in [2.75, 3.05) is 6.61 Å². The maximum Gasteiger partial charge on any atom is 0.336 e. The van der Waals surface area contributed by atoms with Crippen LogP contribution in [0.5, 0.6) is 0 Å². The van der Waals surface area contributed by atoms with Crippen molar-refractivity contribution in [1.29, 1.82) is 0 Å². The summed E-state index contributed by atoms with van der Waals surface area (Å²) in [5.74, 6) is -1.05. The third-order valence-electron chi connectivity index (χ3n) is 5.66. The lowest BCUT2D eigenvalue weighted by atomic mass is 9.69. The van der Waals surface area contributed by atoms with Gasteiger partial charge in [-0.25, -0.2) is 9.78 Å². The maximum atomic E-state index is 13.4. The maximum absolute atomic E-state index is 13.4. The van der Waals surface area contributed by atoms with Crippen LogP contribution in [0.1, 0.15) is 43.4 Å². The average molecular weight is 389 g/mol. The fraction of sp³-hybridized carbons (Fsp3) is 0.292. The Morgan fingerprint density at radius 1 is 1.14 bits per heavy atom. The topological polar surface area (TPSA) is 69.5 Å². The van der Waals surface area contributed by atoms with Gasteiger partial charge in [0.05, 0.1) is 24.0 Å². The smallest absolute Gasteiger partial charge is 0.336 e. The molecule has 3 atom stereocenters. The van der Waals surface area contributed by atoms with Crippen LogP contribution in [0.3, 0.4) is 0 Å². The largest absolute Gasteiger partial charge is 0.463 e. The van der Waals surface area contributed by atoms with Gasteiger partial charge in [-0.15, -0.1) is 0 Å². The second kappa shape index (κ2) is 8.03. The van der Waals surface area contributed by atoms with Crippen LogP contribution in [0.4, 0.5) is 0 Å². The van der Waals surface area contributed by atoms with E-state index >= 15 is 0 Å². The van der Waals surface area contributed by atoms with Gasteiger partial charge in [0, 0.05) is 35.9 Å². The molecule has 1 aliphatic heterocycles. The second-order valence-electron chi connectivity index (χ2n) is 7.47. The highest BCUT2D eigenvalue weighted by atomic mass is 16.5. The molecule has 3 unspecified atom stereocenters. The van der Waals surface area contributed by atoms with Gasteiger partial charge >= 0.3 is 5.97 Å². The Labute approximate surface area is 170 Å². The number of fused-ring (bicyclic) bond motifs is 1. The predicted molar refractivity (Wildman–Crippen MR) is 109 cm³/mol. The average Bonchev–Trinajstić information content (AvgIpc) is 2.74. The van der Waals surface area contributed by atoms with Crippen molar-refractivity contribution in [3.05, 3.63) is 89.0 Å². The summed E-state index contributed by atoms with van der Waals surface area (Å²) in [6.45, 7) is 3.95. The van der Waals surface area contributed by atoms with Crippen LogP contribution in [-0.4, -0.2) is 18.4 Å². The number of pyridine rings is 1. The number of allylic oxidation sites excluding steroid dienone is 3. The molecule has 148 valence electrons. The molecule has 1 aliphatic carbocycles. The monoisotopic (exact) mass is 389 g/mol. The molecular formula is C24H25N2O3+. The van der Waals surface area contributed by atoms with Crippen LogP contribution >= 0.6 is 0 Å². The number of aromatic amines is 1. The third-order valence-corrected chi connectivity index (χ3v) is 5.66. The molecule has 5 nitrogen and oxygen atoms in total. The zero-order valence-corrected chi connectivity index (χ0v) is 16.6. The highest BCUT2D eigenvalue weighted by molar-refractivity contribution is 5.96. The summed E-state index contributed by atoms with van der Waals surface area (Å²) in [5, 5.41) is 3.34. The van der Waals surface area contributed by atoms with E-state index < -0.39 is 11.8 Å². The molecule has 0 bridgehead atoms. The molecule has 29 heavy (non-hydrogen) atoms. The lowest BCUT2D eigenvalue weighted by Crippen LogP contribution is -2.43. The SMILES string of the molecule is CCOC(=O)C1=C(C)NC2=CC(c3ccccc3)CC(=O)C2C1c1cccc[nH+]1. The molecule has 2 N–H and O–H groups in total. The Hall–Kier alpha value is -3.21. The number of Topliss-reactive ketones (excluding diaryl/α,β-unsaturated/α-hetero) is 1. The van der Waals surface area contributed by atoms with Crippen molar-refractivity contribution in [2.24, 2.45) is 5.92 Å². The van der Waals surface area contributed by atoms with Crippen molar-refractivity contribution in [3.63, 3.8) is 0 Å². The van der Waals surface area contributed by atoms with Crippen molar-refractivity contribution >= 4 is 11.8 Å². The number of aromatic nitrogens is 1. The lowest BCUT2D eigenvalue weighted by Gasteiger charge is -2.37. The number of ether oxygens (including phenoxy) is 1. The molecule has 0 radical (unpaired) electrons. The van der Waals surface area contributed by atoms with Crippen LogP contribution in [0, 0.1) is 5.92 Å². The molecule has 1 aromatic carbocycles. The standard InChI is InChI=1S/C24H24N2O3/c1-3-29-24(28)21-15(2)26-19-13-17(16-9-5-4-6-10-16)14-20(27)22(19)23(21)18-11-7-8-12-25-18/h4-13,17,22-23,26H,3,14H2,1-2H3/p+1. The Bertz CT molecular complexity index is 980. The van der Waals surface area contributed by atoms with Crippen LogP contribution in [0.25, 0.3) is 0 Å². The number of ketones is 1. The molecule has 2 aliphatic rings. The number of carbonyl (C=O) groups is 2. The minimum atomic E-state index is -0.434. The van der Waals surface area contributed by atoms with Gasteiger partial charge in [0.15, 0.2) is 11.9 Å². The van der Waals surface area contributed by atoms with Gasteiger partial charge in [-0.1, -0.05) is 42.5 Å². The number of benzene rings is 1. The number of hydrogen-bond donors (Lipinski definition) is 1. The zero-order valence-electron chi connectivity index (χ0n) is 16.6. The first-order chi connectivity index (χ1) is 14.1. The molecule has 2 aromatic rings.